The predicted octanol–water partition coefficient (Wildman–Crippen LogP) is 0.0892. The summed E-state index contributed by atoms with van der Waals surface area (Å²) in [6.07, 6.45) is 0.434. The second-order valence-electron chi connectivity index (χ2n) is 3.44. The summed E-state index contributed by atoms with van der Waals surface area (Å²) in [5.41, 5.74) is 0. The molecule has 0 radical (unpaired) electrons. The van der Waals surface area contributed by atoms with Crippen LogP contribution in [-0.2, 0) is 9.53 Å². The first-order valence-electron chi connectivity index (χ1n) is 4.51. The van der Waals surface area contributed by atoms with Gasteiger partial charge in [0, 0.05) is 19.1 Å². The largest absolute Gasteiger partial charge is 0.469 e. The number of methoxy groups -OCH3 is 1. The highest BCUT2D eigenvalue weighted by Gasteiger charge is 2.07. The summed E-state index contributed by atoms with van der Waals surface area (Å²) in [5.74, 6) is -0.162. The van der Waals surface area contributed by atoms with Crippen LogP contribution in [0.15, 0.2) is 0 Å². The number of nitrogens with one attached hydrogen (secondary N) is 1. The molecule has 4 nitrogen and oxygen atoms in total. The number of rotatable bonds is 6. The Bertz CT molecular complexity index is 149. The number of likely N-dealkylation sites (N-methyl/N-ethyl adjacent to an activating group) is 1. The topological polar surface area (TPSA) is 41.6 Å². The molecule has 0 saturated heterocycles. The third-order valence-corrected chi connectivity index (χ3v) is 1.75. The zero-order chi connectivity index (χ0) is 10.3. The predicted molar refractivity (Wildman–Crippen MR) is 52.7 cm³/mol. The Hall–Kier alpha value is -0.610. The molecule has 0 aromatic rings. The number of esters is 1. The van der Waals surface area contributed by atoms with E-state index < -0.39 is 0 Å². The van der Waals surface area contributed by atoms with Gasteiger partial charge in [0.05, 0.1) is 13.5 Å². The van der Waals surface area contributed by atoms with Crippen molar-refractivity contribution in [1.29, 1.82) is 0 Å². The van der Waals surface area contributed by atoms with Crippen molar-refractivity contribution >= 4 is 5.97 Å². The van der Waals surface area contributed by atoms with Crippen LogP contribution >= 0.6 is 0 Å². The lowest BCUT2D eigenvalue weighted by Crippen LogP contribution is -2.34. The molecule has 0 saturated carbocycles. The molecular weight excluding hydrogens is 168 g/mol. The van der Waals surface area contributed by atoms with Gasteiger partial charge in [0.1, 0.15) is 0 Å². The zero-order valence-corrected chi connectivity index (χ0v) is 8.96. The molecule has 0 aliphatic rings. The minimum atomic E-state index is -0.162. The molecule has 78 valence electrons. The molecule has 0 fully saturated rings. The molecule has 4 heteroatoms. The summed E-state index contributed by atoms with van der Waals surface area (Å²) in [7, 11) is 5.45. The lowest BCUT2D eigenvalue weighted by atomic mass is 10.2. The second-order valence-corrected chi connectivity index (χ2v) is 3.44. The van der Waals surface area contributed by atoms with Gasteiger partial charge in [0.25, 0.3) is 0 Å². The molecule has 0 bridgehead atoms. The van der Waals surface area contributed by atoms with Gasteiger partial charge in [-0.2, -0.15) is 0 Å². The normalized spacial score (nSPS) is 13.0. The van der Waals surface area contributed by atoms with Crippen LogP contribution in [0.2, 0.25) is 0 Å². The van der Waals surface area contributed by atoms with E-state index in [9.17, 15) is 4.79 Å². The van der Waals surface area contributed by atoms with Crippen LogP contribution in [0.1, 0.15) is 13.3 Å². The fourth-order valence-corrected chi connectivity index (χ4v) is 0.940. The Morgan fingerprint density at radius 2 is 2.15 bits per heavy atom. The van der Waals surface area contributed by atoms with Crippen LogP contribution in [0.3, 0.4) is 0 Å². The van der Waals surface area contributed by atoms with Crippen molar-refractivity contribution in [2.24, 2.45) is 0 Å². The lowest BCUT2D eigenvalue weighted by molar-refractivity contribution is -0.141. The molecule has 0 aliphatic carbocycles. The van der Waals surface area contributed by atoms with Crippen molar-refractivity contribution in [1.82, 2.24) is 10.2 Å². The van der Waals surface area contributed by atoms with Crippen molar-refractivity contribution in [2.75, 3.05) is 34.3 Å². The van der Waals surface area contributed by atoms with Gasteiger partial charge in [-0.25, -0.2) is 0 Å². The lowest BCUT2D eigenvalue weighted by Gasteiger charge is -2.14. The van der Waals surface area contributed by atoms with Gasteiger partial charge < -0.3 is 15.0 Å². The monoisotopic (exact) mass is 188 g/mol. The molecule has 13 heavy (non-hydrogen) atoms. The number of carbonyl (C=O) groups is 1. The van der Waals surface area contributed by atoms with Crippen molar-refractivity contribution in [3.63, 3.8) is 0 Å². The van der Waals surface area contributed by atoms with E-state index in [1.54, 1.807) is 0 Å². The van der Waals surface area contributed by atoms with E-state index in [2.05, 4.69) is 15.0 Å². The van der Waals surface area contributed by atoms with E-state index in [0.29, 0.717) is 6.42 Å². The molecule has 0 rings (SSSR count). The third-order valence-electron chi connectivity index (χ3n) is 1.75. The molecule has 0 unspecified atom stereocenters. The molecule has 1 atom stereocenters. The average Bonchev–Trinajstić information content (AvgIpc) is 2.03. The van der Waals surface area contributed by atoms with Crippen LogP contribution in [0.4, 0.5) is 0 Å². The Morgan fingerprint density at radius 1 is 1.54 bits per heavy atom. The summed E-state index contributed by atoms with van der Waals surface area (Å²) in [6.45, 7) is 3.85. The number of carbonyl (C=O) groups excluding carboxylic acids is 1. The summed E-state index contributed by atoms with van der Waals surface area (Å²) in [4.78, 5) is 12.9. The molecule has 0 amide bonds. The molecule has 1 N–H and O–H groups in total. The summed E-state index contributed by atoms with van der Waals surface area (Å²) in [6, 6.07) is 0.187. The molecule has 0 aromatic heterocycles. The SMILES string of the molecule is COC(=O)C[C@H](C)NCCN(C)C. The van der Waals surface area contributed by atoms with Crippen LogP contribution < -0.4 is 5.32 Å². The molecule has 0 aliphatic heterocycles. The van der Waals surface area contributed by atoms with Crippen LogP contribution in [0, 0.1) is 0 Å². The van der Waals surface area contributed by atoms with Crippen molar-refractivity contribution in [2.45, 2.75) is 19.4 Å². The maximum Gasteiger partial charge on any atom is 0.307 e. The number of ether oxygens (including phenoxy) is 1. The molecule has 0 spiro atoms. The van der Waals surface area contributed by atoms with E-state index >= 15 is 0 Å². The second kappa shape index (κ2) is 6.86. The highest BCUT2D eigenvalue weighted by Crippen LogP contribution is 1.92. The van der Waals surface area contributed by atoms with E-state index in [4.69, 9.17) is 0 Å². The molecule has 0 heterocycles. The minimum absolute atomic E-state index is 0.162. The fourth-order valence-electron chi connectivity index (χ4n) is 0.940. The maximum atomic E-state index is 10.8. The van der Waals surface area contributed by atoms with Gasteiger partial charge in [0.2, 0.25) is 0 Å². The van der Waals surface area contributed by atoms with Gasteiger partial charge >= 0.3 is 5.97 Å². The first kappa shape index (κ1) is 12.4. The zero-order valence-electron chi connectivity index (χ0n) is 8.96. The first-order valence-corrected chi connectivity index (χ1v) is 4.51. The quantitative estimate of drug-likeness (QED) is 0.600. The van der Waals surface area contributed by atoms with E-state index in [-0.39, 0.29) is 12.0 Å². The third kappa shape index (κ3) is 7.74. The first-order chi connectivity index (χ1) is 6.06. The Balaban J connectivity index is 3.40. The fraction of sp³-hybridized carbons (Fsp3) is 0.889. The highest BCUT2D eigenvalue weighted by molar-refractivity contribution is 5.69. The maximum absolute atomic E-state index is 10.8. The Kier molecular flexibility index (Phi) is 6.54. The van der Waals surface area contributed by atoms with Crippen molar-refractivity contribution < 1.29 is 9.53 Å². The number of nitrogens with zero attached hydrogens (tertiary/aromatic N) is 1. The van der Waals surface area contributed by atoms with Crippen LogP contribution in [0.5, 0.6) is 0 Å². The standard InChI is InChI=1S/C9H20N2O2/c1-8(7-9(12)13-4)10-5-6-11(2)3/h8,10H,5-7H2,1-4H3/t8-/m0/s1. The van der Waals surface area contributed by atoms with E-state index in [0.717, 1.165) is 13.1 Å². The van der Waals surface area contributed by atoms with Gasteiger partial charge in [-0.05, 0) is 21.0 Å². The number of hydrogen-bond acceptors (Lipinski definition) is 4. The summed E-state index contributed by atoms with van der Waals surface area (Å²) < 4.78 is 4.56. The van der Waals surface area contributed by atoms with Gasteiger partial charge in [-0.3, -0.25) is 4.79 Å². The van der Waals surface area contributed by atoms with Crippen molar-refractivity contribution in [3.8, 4) is 0 Å². The Morgan fingerprint density at radius 3 is 2.62 bits per heavy atom. The number of hydrogen-bond donors (Lipinski definition) is 1. The summed E-state index contributed by atoms with van der Waals surface area (Å²) in [5, 5.41) is 3.24. The average molecular weight is 188 g/mol. The highest BCUT2D eigenvalue weighted by atomic mass is 16.5. The van der Waals surface area contributed by atoms with Crippen LogP contribution in [-0.4, -0.2) is 51.2 Å². The summed E-state index contributed by atoms with van der Waals surface area (Å²) >= 11 is 0. The van der Waals surface area contributed by atoms with Crippen LogP contribution in [0.25, 0.3) is 0 Å². The molecule has 0 aromatic carbocycles. The van der Waals surface area contributed by atoms with E-state index in [1.807, 2.05) is 21.0 Å². The minimum Gasteiger partial charge on any atom is -0.469 e. The van der Waals surface area contributed by atoms with Gasteiger partial charge in [0.15, 0.2) is 0 Å². The van der Waals surface area contributed by atoms with Gasteiger partial charge in [-0.15, -0.1) is 0 Å². The van der Waals surface area contributed by atoms with Crippen molar-refractivity contribution in [3.05, 3.63) is 0 Å². The van der Waals surface area contributed by atoms with E-state index in [1.165, 1.54) is 7.11 Å². The smallest absolute Gasteiger partial charge is 0.307 e. The Labute approximate surface area is 80.2 Å². The van der Waals surface area contributed by atoms with Gasteiger partial charge in [-0.1, -0.05) is 0 Å². The molecular formula is C9H20N2O2.